The van der Waals surface area contributed by atoms with Crippen LogP contribution in [0.15, 0.2) is 22.7 Å². The van der Waals surface area contributed by atoms with Crippen molar-refractivity contribution in [3.63, 3.8) is 0 Å². The highest BCUT2D eigenvalue weighted by Gasteiger charge is 2.23. The first-order valence-corrected chi connectivity index (χ1v) is 6.77. The largest absolute Gasteiger partial charge is 0.466 e. The van der Waals surface area contributed by atoms with Crippen molar-refractivity contribution in [1.29, 1.82) is 0 Å². The molecule has 18 heavy (non-hydrogen) atoms. The fourth-order valence-electron chi connectivity index (χ4n) is 1.71. The number of carbonyl (C=O) groups is 1. The van der Waals surface area contributed by atoms with Gasteiger partial charge in [-0.3, -0.25) is 4.79 Å². The number of carbonyl (C=O) groups excluding carboxylic acids is 1. The molecule has 0 aliphatic heterocycles. The third kappa shape index (κ3) is 4.09. The quantitative estimate of drug-likeness (QED) is 0.761. The van der Waals surface area contributed by atoms with Gasteiger partial charge in [-0.1, -0.05) is 19.9 Å². The summed E-state index contributed by atoms with van der Waals surface area (Å²) in [7, 11) is 0. The molecule has 0 bridgehead atoms. The first-order valence-electron chi connectivity index (χ1n) is 5.98. The smallest absolute Gasteiger partial charge is 0.305 e. The van der Waals surface area contributed by atoms with Crippen LogP contribution in [0.2, 0.25) is 0 Å². The van der Waals surface area contributed by atoms with E-state index < -0.39 is 0 Å². The van der Waals surface area contributed by atoms with Crippen LogP contribution in [0.1, 0.15) is 39.2 Å². The lowest BCUT2D eigenvalue weighted by atomic mass is 9.80. The summed E-state index contributed by atoms with van der Waals surface area (Å²) in [5, 5.41) is 0. The molecule has 0 saturated heterocycles. The molecule has 0 aliphatic rings. The van der Waals surface area contributed by atoms with Crippen LogP contribution < -0.4 is 0 Å². The highest BCUT2D eigenvalue weighted by molar-refractivity contribution is 9.10. The van der Waals surface area contributed by atoms with Crippen molar-refractivity contribution >= 4 is 21.9 Å². The van der Waals surface area contributed by atoms with Gasteiger partial charge < -0.3 is 4.74 Å². The molecule has 0 amide bonds. The topological polar surface area (TPSA) is 26.3 Å². The zero-order chi connectivity index (χ0) is 13.8. The summed E-state index contributed by atoms with van der Waals surface area (Å²) in [6, 6.07) is 5.07. The fourth-order valence-corrected chi connectivity index (χ4v) is 1.96. The van der Waals surface area contributed by atoms with Crippen molar-refractivity contribution in [3.8, 4) is 0 Å². The summed E-state index contributed by atoms with van der Waals surface area (Å²) in [6.07, 6.45) is 0.978. The second-order valence-corrected chi connectivity index (χ2v) is 5.67. The van der Waals surface area contributed by atoms with Crippen LogP contribution in [0, 0.1) is 5.82 Å². The van der Waals surface area contributed by atoms with Gasteiger partial charge in [0, 0.05) is 6.42 Å². The maximum atomic E-state index is 13.5. The van der Waals surface area contributed by atoms with Crippen molar-refractivity contribution in [1.82, 2.24) is 0 Å². The lowest BCUT2D eigenvalue weighted by molar-refractivity contribution is -0.143. The van der Waals surface area contributed by atoms with Crippen molar-refractivity contribution in [3.05, 3.63) is 34.1 Å². The van der Waals surface area contributed by atoms with Crippen LogP contribution in [0.25, 0.3) is 0 Å². The van der Waals surface area contributed by atoms with Crippen LogP contribution in [-0.2, 0) is 14.9 Å². The molecule has 2 nitrogen and oxygen atoms in total. The second-order valence-electron chi connectivity index (χ2n) is 4.82. The maximum absolute atomic E-state index is 13.5. The molecule has 4 heteroatoms. The highest BCUT2D eigenvalue weighted by Crippen LogP contribution is 2.30. The molecule has 100 valence electrons. The Hall–Kier alpha value is -0.900. The summed E-state index contributed by atoms with van der Waals surface area (Å²) in [4.78, 5) is 11.3. The standard InChI is InChI=1S/C14H18BrFO2/c1-4-18-13(17)7-8-14(2,3)10-5-6-11(15)12(16)9-10/h5-6,9H,4,7-8H2,1-3H3. The highest BCUT2D eigenvalue weighted by atomic mass is 79.9. The molecule has 0 aliphatic carbocycles. The molecule has 0 N–H and O–H groups in total. The van der Waals surface area contributed by atoms with Crippen molar-refractivity contribution < 1.29 is 13.9 Å². The van der Waals surface area contributed by atoms with Crippen molar-refractivity contribution in [2.75, 3.05) is 6.61 Å². The molecule has 0 spiro atoms. The molecule has 0 atom stereocenters. The van der Waals surface area contributed by atoms with Gasteiger partial charge >= 0.3 is 5.97 Å². The number of ether oxygens (including phenoxy) is 1. The van der Waals surface area contributed by atoms with E-state index in [1.165, 1.54) is 6.07 Å². The van der Waals surface area contributed by atoms with Crippen LogP contribution in [0.5, 0.6) is 0 Å². The molecular formula is C14H18BrFO2. The fraction of sp³-hybridized carbons (Fsp3) is 0.500. The number of benzene rings is 1. The average molecular weight is 317 g/mol. The van der Waals surface area contributed by atoms with Crippen LogP contribution in [0.3, 0.4) is 0 Å². The van der Waals surface area contributed by atoms with E-state index in [1.807, 2.05) is 19.9 Å². The zero-order valence-electron chi connectivity index (χ0n) is 10.9. The normalized spacial score (nSPS) is 11.4. The van der Waals surface area contributed by atoms with Crippen molar-refractivity contribution in [2.24, 2.45) is 0 Å². The Bertz CT molecular complexity index is 430. The van der Waals surface area contributed by atoms with E-state index in [0.717, 1.165) is 5.56 Å². The lowest BCUT2D eigenvalue weighted by Crippen LogP contribution is -2.19. The average Bonchev–Trinajstić information content (AvgIpc) is 2.30. The van der Waals surface area contributed by atoms with Crippen LogP contribution in [-0.4, -0.2) is 12.6 Å². The number of halogens is 2. The zero-order valence-corrected chi connectivity index (χ0v) is 12.5. The molecule has 1 aromatic carbocycles. The van der Waals surface area contributed by atoms with Gasteiger partial charge in [0.15, 0.2) is 0 Å². The van der Waals surface area contributed by atoms with E-state index in [0.29, 0.717) is 23.9 Å². The SMILES string of the molecule is CCOC(=O)CCC(C)(C)c1ccc(Br)c(F)c1. The Morgan fingerprint density at radius 2 is 2.11 bits per heavy atom. The van der Waals surface area contributed by atoms with Gasteiger partial charge in [-0.25, -0.2) is 4.39 Å². The first-order chi connectivity index (χ1) is 8.36. The Labute approximate surface area is 116 Å². The van der Waals surface area contributed by atoms with E-state index in [4.69, 9.17) is 4.74 Å². The maximum Gasteiger partial charge on any atom is 0.305 e. The van der Waals surface area contributed by atoms with E-state index in [9.17, 15) is 9.18 Å². The number of rotatable bonds is 5. The van der Waals surface area contributed by atoms with Gasteiger partial charge in [0.1, 0.15) is 5.82 Å². The van der Waals surface area contributed by atoms with Crippen molar-refractivity contribution in [2.45, 2.75) is 39.0 Å². The summed E-state index contributed by atoms with van der Waals surface area (Å²) in [5.74, 6) is -0.486. The lowest BCUT2D eigenvalue weighted by Gasteiger charge is -2.25. The Morgan fingerprint density at radius 3 is 2.67 bits per heavy atom. The van der Waals surface area contributed by atoms with Gasteiger partial charge in [-0.15, -0.1) is 0 Å². The minimum absolute atomic E-state index is 0.205. The molecule has 0 saturated carbocycles. The Kier molecular flexibility index (Phi) is 5.32. The van der Waals surface area contributed by atoms with Gasteiger partial charge in [0.25, 0.3) is 0 Å². The Morgan fingerprint density at radius 1 is 1.44 bits per heavy atom. The third-order valence-electron chi connectivity index (χ3n) is 2.96. The molecule has 0 heterocycles. The molecule has 0 fully saturated rings. The molecule has 1 rings (SSSR count). The summed E-state index contributed by atoms with van der Waals surface area (Å²) in [5.41, 5.74) is 0.626. The molecule has 0 aromatic heterocycles. The number of esters is 1. The molecule has 0 unspecified atom stereocenters. The van der Waals surface area contributed by atoms with E-state index in [2.05, 4.69) is 15.9 Å². The van der Waals surface area contributed by atoms with E-state index >= 15 is 0 Å². The van der Waals surface area contributed by atoms with Gasteiger partial charge in [-0.2, -0.15) is 0 Å². The minimum atomic E-state index is -0.281. The van der Waals surface area contributed by atoms with Gasteiger partial charge in [0.05, 0.1) is 11.1 Å². The predicted molar refractivity (Wildman–Crippen MR) is 73.0 cm³/mol. The first kappa shape index (κ1) is 15.2. The molecule has 1 aromatic rings. The summed E-state index contributed by atoms with van der Waals surface area (Å²) >= 11 is 3.13. The van der Waals surface area contributed by atoms with Crippen LogP contribution in [0.4, 0.5) is 4.39 Å². The predicted octanol–water partition coefficient (Wildman–Crippen LogP) is 4.21. The van der Waals surface area contributed by atoms with Gasteiger partial charge in [0.2, 0.25) is 0 Å². The van der Waals surface area contributed by atoms with Gasteiger partial charge in [-0.05, 0) is 52.4 Å². The number of hydrogen-bond donors (Lipinski definition) is 0. The molecular weight excluding hydrogens is 299 g/mol. The Balaban J connectivity index is 2.73. The monoisotopic (exact) mass is 316 g/mol. The third-order valence-corrected chi connectivity index (χ3v) is 3.60. The summed E-state index contributed by atoms with van der Waals surface area (Å²) < 4.78 is 18.8. The summed E-state index contributed by atoms with van der Waals surface area (Å²) in [6.45, 7) is 6.17. The minimum Gasteiger partial charge on any atom is -0.466 e. The van der Waals surface area contributed by atoms with E-state index in [1.54, 1.807) is 13.0 Å². The van der Waals surface area contributed by atoms with E-state index in [-0.39, 0.29) is 17.2 Å². The second kappa shape index (κ2) is 6.32. The molecule has 0 radical (unpaired) electrons. The number of hydrogen-bond acceptors (Lipinski definition) is 2. The van der Waals surface area contributed by atoms with Crippen LogP contribution >= 0.6 is 15.9 Å².